The van der Waals surface area contributed by atoms with E-state index in [1.807, 2.05) is 0 Å². The molecule has 0 spiro atoms. The monoisotopic (exact) mass is 351 g/mol. The lowest BCUT2D eigenvalue weighted by Crippen LogP contribution is -2.14. The number of hydrogen-bond donors (Lipinski definition) is 0. The zero-order valence-corrected chi connectivity index (χ0v) is 9.51. The topological polar surface area (TPSA) is 30.0 Å². The summed E-state index contributed by atoms with van der Waals surface area (Å²) in [5.41, 5.74) is -3.09. The fourth-order valence-corrected chi connectivity index (χ4v) is 1.75. The van der Waals surface area contributed by atoms with Crippen LogP contribution in [0.5, 0.6) is 0 Å². The number of rotatable bonds is 2. The van der Waals surface area contributed by atoms with Gasteiger partial charge in [-0.25, -0.2) is 13.8 Å². The van der Waals surface area contributed by atoms with E-state index in [1.54, 1.807) is 0 Å². The third-order valence-corrected chi connectivity index (χ3v) is 2.46. The molecule has 0 radical (unpaired) electrons. The first-order valence-electron chi connectivity index (χ1n) is 3.78. The lowest BCUT2D eigenvalue weighted by Gasteiger charge is -2.11. The Morgan fingerprint density at radius 3 is 2.31 bits per heavy atom. The third-order valence-electron chi connectivity index (χ3n) is 1.64. The van der Waals surface area contributed by atoms with E-state index < -0.39 is 33.1 Å². The van der Waals surface area contributed by atoms with Crippen molar-refractivity contribution in [3.05, 3.63) is 26.6 Å². The highest BCUT2D eigenvalue weighted by atomic mass is 127. The van der Waals surface area contributed by atoms with Crippen LogP contribution in [0.15, 0.2) is 6.07 Å². The number of halogens is 6. The smallest absolute Gasteiger partial charge is 0.298 e. The molecule has 0 bridgehead atoms. The Morgan fingerprint density at radius 1 is 1.38 bits per heavy atom. The first-order chi connectivity index (χ1) is 7.27. The fourth-order valence-electron chi connectivity index (χ4n) is 0.985. The molecule has 0 saturated carbocycles. The van der Waals surface area contributed by atoms with Gasteiger partial charge in [0, 0.05) is 9.13 Å². The number of aromatic nitrogens is 1. The molecule has 1 rings (SSSR count). The number of aldehydes is 1. The minimum absolute atomic E-state index is 0.0524. The predicted octanol–water partition coefficient (Wildman–Crippen LogP) is 3.46. The van der Waals surface area contributed by atoms with E-state index in [4.69, 9.17) is 0 Å². The molecule has 0 amide bonds. The number of carbonyl (C=O) groups excluding carboxylic acids is 1. The molecule has 1 aromatic heterocycles. The van der Waals surface area contributed by atoms with Gasteiger partial charge in [0.2, 0.25) is 0 Å². The highest BCUT2D eigenvalue weighted by Gasteiger charge is 2.36. The van der Waals surface area contributed by atoms with Crippen LogP contribution in [0.25, 0.3) is 0 Å². The first kappa shape index (κ1) is 13.3. The molecule has 0 aliphatic heterocycles. The summed E-state index contributed by atoms with van der Waals surface area (Å²) >= 11 is 1.29. The van der Waals surface area contributed by atoms with Crippen LogP contribution >= 0.6 is 22.6 Å². The molecule has 16 heavy (non-hydrogen) atoms. The molecule has 2 nitrogen and oxygen atoms in total. The summed E-state index contributed by atoms with van der Waals surface area (Å²) in [4.78, 5) is 13.2. The molecule has 1 heterocycles. The molecule has 0 aliphatic carbocycles. The van der Waals surface area contributed by atoms with E-state index in [1.165, 1.54) is 22.6 Å². The van der Waals surface area contributed by atoms with Crippen LogP contribution in [0.3, 0.4) is 0 Å². The standard InChI is InChI=1S/C8H3F5INO/c9-7(10)5-3(2-16)1-4(14)6(15-5)8(11,12)13/h1-2,7H. The largest absolute Gasteiger partial charge is 0.434 e. The first-order valence-corrected chi connectivity index (χ1v) is 4.86. The average Bonchev–Trinajstić information content (AvgIpc) is 2.14. The van der Waals surface area contributed by atoms with E-state index in [9.17, 15) is 26.7 Å². The number of nitrogens with zero attached hydrogens (tertiary/aromatic N) is 1. The molecule has 0 N–H and O–H groups in total. The number of alkyl halides is 5. The Morgan fingerprint density at radius 2 is 1.94 bits per heavy atom. The van der Waals surface area contributed by atoms with Gasteiger partial charge in [0.15, 0.2) is 12.0 Å². The van der Waals surface area contributed by atoms with Gasteiger partial charge in [0.1, 0.15) is 5.69 Å². The number of pyridine rings is 1. The van der Waals surface area contributed by atoms with Crippen molar-refractivity contribution < 1.29 is 26.7 Å². The maximum absolute atomic E-state index is 12.3. The maximum atomic E-state index is 12.3. The van der Waals surface area contributed by atoms with Crippen LogP contribution in [0.2, 0.25) is 0 Å². The van der Waals surface area contributed by atoms with Gasteiger partial charge in [-0.05, 0) is 28.7 Å². The minimum Gasteiger partial charge on any atom is -0.298 e. The molecule has 0 saturated heterocycles. The van der Waals surface area contributed by atoms with Crippen LogP contribution in [-0.2, 0) is 6.18 Å². The summed E-state index contributed by atoms with van der Waals surface area (Å²) in [6, 6.07) is 0.741. The van der Waals surface area contributed by atoms with Gasteiger partial charge in [-0.2, -0.15) is 13.2 Å². The van der Waals surface area contributed by atoms with Crippen LogP contribution < -0.4 is 0 Å². The average molecular weight is 351 g/mol. The van der Waals surface area contributed by atoms with Crippen molar-refractivity contribution in [2.24, 2.45) is 0 Å². The van der Waals surface area contributed by atoms with Gasteiger partial charge in [-0.1, -0.05) is 0 Å². The van der Waals surface area contributed by atoms with E-state index in [-0.39, 0.29) is 6.29 Å². The quantitative estimate of drug-likeness (QED) is 0.464. The normalized spacial score (nSPS) is 11.9. The minimum atomic E-state index is -4.82. The zero-order valence-electron chi connectivity index (χ0n) is 7.36. The number of hydrogen-bond acceptors (Lipinski definition) is 2. The van der Waals surface area contributed by atoms with Gasteiger partial charge in [-0.3, -0.25) is 4.79 Å². The summed E-state index contributed by atoms with van der Waals surface area (Å²) < 4.78 is 61.2. The highest BCUT2D eigenvalue weighted by Crippen LogP contribution is 2.33. The highest BCUT2D eigenvalue weighted by molar-refractivity contribution is 14.1. The molecular formula is C8H3F5INO. The van der Waals surface area contributed by atoms with Crippen molar-refractivity contribution >= 4 is 28.9 Å². The molecule has 1 aromatic rings. The molecule has 0 aliphatic rings. The van der Waals surface area contributed by atoms with Gasteiger partial charge < -0.3 is 0 Å². The summed E-state index contributed by atoms with van der Waals surface area (Å²) in [5, 5.41) is 0. The number of carbonyl (C=O) groups is 1. The molecule has 0 aromatic carbocycles. The van der Waals surface area contributed by atoms with Gasteiger partial charge >= 0.3 is 6.18 Å². The SMILES string of the molecule is O=Cc1cc(I)c(C(F)(F)F)nc1C(F)F. The van der Waals surface area contributed by atoms with Crippen molar-refractivity contribution in [1.82, 2.24) is 4.98 Å². The summed E-state index contributed by atoms with van der Waals surface area (Å²) in [6.07, 6.45) is -7.99. The van der Waals surface area contributed by atoms with E-state index in [2.05, 4.69) is 4.98 Å². The van der Waals surface area contributed by atoms with Crippen molar-refractivity contribution in [1.29, 1.82) is 0 Å². The van der Waals surface area contributed by atoms with Crippen molar-refractivity contribution in [3.63, 3.8) is 0 Å². The van der Waals surface area contributed by atoms with Crippen molar-refractivity contribution in [2.45, 2.75) is 12.6 Å². The predicted molar refractivity (Wildman–Crippen MR) is 52.3 cm³/mol. The van der Waals surface area contributed by atoms with Gasteiger partial charge in [0.25, 0.3) is 6.43 Å². The molecule has 0 atom stereocenters. The zero-order chi connectivity index (χ0) is 12.5. The molecular weight excluding hydrogens is 348 g/mol. The molecule has 0 unspecified atom stereocenters. The van der Waals surface area contributed by atoms with E-state index in [0.29, 0.717) is 0 Å². The van der Waals surface area contributed by atoms with Gasteiger partial charge in [-0.15, -0.1) is 0 Å². The Labute approximate surface area is 100.0 Å². The summed E-state index contributed by atoms with van der Waals surface area (Å²) in [6.45, 7) is 0. The van der Waals surface area contributed by atoms with Crippen LogP contribution in [0, 0.1) is 3.57 Å². The Hall–Kier alpha value is -0.800. The molecule has 0 fully saturated rings. The van der Waals surface area contributed by atoms with Crippen LogP contribution in [-0.4, -0.2) is 11.3 Å². The van der Waals surface area contributed by atoms with Gasteiger partial charge in [0.05, 0.1) is 0 Å². The lowest BCUT2D eigenvalue weighted by atomic mass is 10.2. The molecule has 8 heteroatoms. The fraction of sp³-hybridized carbons (Fsp3) is 0.250. The van der Waals surface area contributed by atoms with E-state index in [0.717, 1.165) is 6.07 Å². The molecule has 88 valence electrons. The summed E-state index contributed by atoms with van der Waals surface area (Å²) in [5.74, 6) is 0. The second-order valence-corrected chi connectivity index (χ2v) is 3.87. The maximum Gasteiger partial charge on any atom is 0.434 e. The second-order valence-electron chi connectivity index (χ2n) is 2.71. The second kappa shape index (κ2) is 4.60. The Balaban J connectivity index is 3.45. The van der Waals surface area contributed by atoms with Crippen LogP contribution in [0.4, 0.5) is 22.0 Å². The third kappa shape index (κ3) is 2.66. The Kier molecular flexibility index (Phi) is 3.81. The summed E-state index contributed by atoms with van der Waals surface area (Å²) in [7, 11) is 0. The van der Waals surface area contributed by atoms with Crippen molar-refractivity contribution in [3.8, 4) is 0 Å². The van der Waals surface area contributed by atoms with Crippen molar-refractivity contribution in [2.75, 3.05) is 0 Å². The Bertz CT molecular complexity index is 418. The van der Waals surface area contributed by atoms with E-state index >= 15 is 0 Å². The van der Waals surface area contributed by atoms with Crippen LogP contribution in [0.1, 0.15) is 28.2 Å². The lowest BCUT2D eigenvalue weighted by molar-refractivity contribution is -0.142.